The molecule has 0 atom stereocenters. The highest BCUT2D eigenvalue weighted by atomic mass is 32.1. The summed E-state index contributed by atoms with van der Waals surface area (Å²) >= 11 is 1.53. The number of oxazole rings is 1. The molecule has 0 saturated heterocycles. The quantitative estimate of drug-likeness (QED) is 0.877. The Hall–Kier alpha value is -2.15. The summed E-state index contributed by atoms with van der Waals surface area (Å²) in [6, 6.07) is 3.90. The summed E-state index contributed by atoms with van der Waals surface area (Å²) in [6.07, 6.45) is 4.34. The van der Waals surface area contributed by atoms with Gasteiger partial charge in [0.25, 0.3) is 0 Å². The Kier molecular flexibility index (Phi) is 4.76. The van der Waals surface area contributed by atoms with E-state index in [9.17, 15) is 9.59 Å². The van der Waals surface area contributed by atoms with Crippen LogP contribution in [0, 0.1) is 5.92 Å². The molecule has 6 nitrogen and oxygen atoms in total. The van der Waals surface area contributed by atoms with E-state index >= 15 is 0 Å². The lowest BCUT2D eigenvalue weighted by Crippen LogP contribution is -2.39. The van der Waals surface area contributed by atoms with Gasteiger partial charge in [0, 0.05) is 6.04 Å². The Labute approximate surface area is 137 Å². The summed E-state index contributed by atoms with van der Waals surface area (Å²) in [4.78, 5) is 28.3. The van der Waals surface area contributed by atoms with Gasteiger partial charge in [-0.05, 0) is 37.1 Å². The molecule has 1 saturated carbocycles. The minimum atomic E-state index is -0.738. The van der Waals surface area contributed by atoms with Gasteiger partial charge in [-0.25, -0.2) is 4.98 Å². The first kappa shape index (κ1) is 15.7. The maximum absolute atomic E-state index is 12.1. The van der Waals surface area contributed by atoms with Crippen LogP contribution in [0.25, 0.3) is 10.8 Å². The molecular formula is C16H18N2O4S. The van der Waals surface area contributed by atoms with Crippen LogP contribution in [0.2, 0.25) is 0 Å². The minimum Gasteiger partial charge on any atom is -0.481 e. The number of rotatable bonds is 5. The SMILES string of the molecule is O=C(Cc1coc(-c2cccs2)n1)NC1CCC(C(=O)O)CC1. The zero-order chi connectivity index (χ0) is 16.2. The Bertz CT molecular complexity index is 672. The van der Waals surface area contributed by atoms with Crippen LogP contribution >= 0.6 is 11.3 Å². The molecule has 23 heavy (non-hydrogen) atoms. The molecule has 0 bridgehead atoms. The molecule has 0 aliphatic heterocycles. The third kappa shape index (κ3) is 3.98. The fourth-order valence-electron chi connectivity index (χ4n) is 2.83. The number of nitrogens with zero attached hydrogens (tertiary/aromatic N) is 1. The number of thiophene rings is 1. The van der Waals surface area contributed by atoms with E-state index in [0.717, 1.165) is 4.88 Å². The maximum Gasteiger partial charge on any atom is 0.306 e. The van der Waals surface area contributed by atoms with Gasteiger partial charge in [-0.3, -0.25) is 9.59 Å². The minimum absolute atomic E-state index is 0.0572. The van der Waals surface area contributed by atoms with E-state index in [-0.39, 0.29) is 24.3 Å². The first-order valence-corrected chi connectivity index (χ1v) is 8.50. The zero-order valence-corrected chi connectivity index (χ0v) is 13.3. The van der Waals surface area contributed by atoms with E-state index in [2.05, 4.69) is 10.3 Å². The average Bonchev–Trinajstić information content (AvgIpc) is 3.18. The van der Waals surface area contributed by atoms with Gasteiger partial charge in [-0.2, -0.15) is 0 Å². The summed E-state index contributed by atoms with van der Waals surface area (Å²) in [5.74, 6) is -0.579. The molecule has 0 aromatic carbocycles. The zero-order valence-electron chi connectivity index (χ0n) is 12.5. The van der Waals surface area contributed by atoms with Crippen LogP contribution in [0.15, 0.2) is 28.2 Å². The second-order valence-electron chi connectivity index (χ2n) is 5.75. The lowest BCUT2D eigenvalue weighted by molar-refractivity contribution is -0.142. The van der Waals surface area contributed by atoms with Crippen molar-refractivity contribution in [3.8, 4) is 10.8 Å². The van der Waals surface area contributed by atoms with E-state index in [1.165, 1.54) is 17.6 Å². The van der Waals surface area contributed by atoms with Crippen molar-refractivity contribution in [1.82, 2.24) is 10.3 Å². The molecule has 7 heteroatoms. The second-order valence-corrected chi connectivity index (χ2v) is 6.70. The third-order valence-corrected chi connectivity index (χ3v) is 4.92. The molecule has 0 unspecified atom stereocenters. The van der Waals surface area contributed by atoms with Gasteiger partial charge in [-0.1, -0.05) is 6.07 Å². The largest absolute Gasteiger partial charge is 0.481 e. The summed E-state index contributed by atoms with van der Waals surface area (Å²) in [6.45, 7) is 0. The number of carbonyl (C=O) groups excluding carboxylic acids is 1. The van der Waals surface area contributed by atoms with Crippen molar-refractivity contribution in [2.24, 2.45) is 5.92 Å². The number of carbonyl (C=O) groups is 2. The standard InChI is InChI=1S/C16H18N2O4S/c19-14(17-11-5-3-10(4-6-11)16(20)21)8-12-9-22-15(18-12)13-2-1-7-23-13/h1-2,7,9-11H,3-6,8H2,(H,17,19)(H,20,21). The number of hydrogen-bond acceptors (Lipinski definition) is 5. The van der Waals surface area contributed by atoms with Gasteiger partial charge in [0.05, 0.1) is 22.9 Å². The van der Waals surface area contributed by atoms with Crippen molar-refractivity contribution in [3.05, 3.63) is 29.5 Å². The summed E-state index contributed by atoms with van der Waals surface area (Å²) in [7, 11) is 0. The molecule has 2 aromatic heterocycles. The molecule has 2 aromatic rings. The average molecular weight is 334 g/mol. The number of aliphatic carboxylic acids is 1. The number of carboxylic acids is 1. The van der Waals surface area contributed by atoms with Crippen molar-refractivity contribution in [3.63, 3.8) is 0 Å². The number of amides is 1. The molecule has 1 amide bonds. The van der Waals surface area contributed by atoms with Crippen LogP contribution in [-0.2, 0) is 16.0 Å². The molecule has 0 spiro atoms. The number of carboxylic acid groups (broad SMARTS) is 1. The van der Waals surface area contributed by atoms with Crippen LogP contribution in [0.4, 0.5) is 0 Å². The lowest BCUT2D eigenvalue weighted by Gasteiger charge is -2.26. The Morgan fingerprint density at radius 1 is 1.35 bits per heavy atom. The van der Waals surface area contributed by atoms with Crippen LogP contribution in [-0.4, -0.2) is 28.0 Å². The summed E-state index contributed by atoms with van der Waals surface area (Å²) in [5.41, 5.74) is 0.602. The van der Waals surface area contributed by atoms with E-state index < -0.39 is 5.97 Å². The van der Waals surface area contributed by atoms with Gasteiger partial charge in [-0.15, -0.1) is 11.3 Å². The van der Waals surface area contributed by atoms with Crippen molar-refractivity contribution in [2.75, 3.05) is 0 Å². The predicted molar refractivity (Wildman–Crippen MR) is 85.0 cm³/mol. The van der Waals surface area contributed by atoms with Gasteiger partial charge in [0.2, 0.25) is 11.8 Å². The lowest BCUT2D eigenvalue weighted by atomic mass is 9.86. The van der Waals surface area contributed by atoms with Crippen LogP contribution in [0.3, 0.4) is 0 Å². The van der Waals surface area contributed by atoms with Crippen molar-refractivity contribution in [1.29, 1.82) is 0 Å². The monoisotopic (exact) mass is 334 g/mol. The highest BCUT2D eigenvalue weighted by Crippen LogP contribution is 2.25. The number of aromatic nitrogens is 1. The predicted octanol–water partition coefficient (Wildman–Crippen LogP) is 2.71. The molecule has 2 heterocycles. The molecule has 122 valence electrons. The first-order chi connectivity index (χ1) is 11.1. The topological polar surface area (TPSA) is 92.4 Å². The molecule has 1 fully saturated rings. The molecule has 1 aliphatic carbocycles. The van der Waals surface area contributed by atoms with Gasteiger partial charge < -0.3 is 14.8 Å². The van der Waals surface area contributed by atoms with Crippen LogP contribution < -0.4 is 5.32 Å². The van der Waals surface area contributed by atoms with Gasteiger partial charge in [0.15, 0.2) is 0 Å². The normalized spacial score (nSPS) is 21.0. The summed E-state index contributed by atoms with van der Waals surface area (Å²) < 4.78 is 5.39. The molecule has 3 rings (SSSR count). The van der Waals surface area contributed by atoms with Crippen molar-refractivity contribution in [2.45, 2.75) is 38.1 Å². The van der Waals surface area contributed by atoms with E-state index in [1.807, 2.05) is 17.5 Å². The fourth-order valence-corrected chi connectivity index (χ4v) is 3.48. The highest BCUT2D eigenvalue weighted by Gasteiger charge is 2.26. The Morgan fingerprint density at radius 3 is 2.78 bits per heavy atom. The van der Waals surface area contributed by atoms with Gasteiger partial charge in [0.1, 0.15) is 6.26 Å². The highest BCUT2D eigenvalue weighted by molar-refractivity contribution is 7.13. The van der Waals surface area contributed by atoms with Gasteiger partial charge >= 0.3 is 5.97 Å². The summed E-state index contributed by atoms with van der Waals surface area (Å²) in [5, 5.41) is 13.9. The maximum atomic E-state index is 12.1. The number of hydrogen-bond donors (Lipinski definition) is 2. The first-order valence-electron chi connectivity index (χ1n) is 7.62. The smallest absolute Gasteiger partial charge is 0.306 e. The molecule has 2 N–H and O–H groups in total. The second kappa shape index (κ2) is 6.95. The molecule has 1 aliphatic rings. The van der Waals surface area contributed by atoms with Crippen molar-refractivity contribution < 1.29 is 19.1 Å². The van der Waals surface area contributed by atoms with Crippen molar-refractivity contribution >= 4 is 23.2 Å². The van der Waals surface area contributed by atoms with E-state index in [0.29, 0.717) is 37.3 Å². The van der Waals surface area contributed by atoms with Crippen LogP contribution in [0.1, 0.15) is 31.4 Å². The van der Waals surface area contributed by atoms with E-state index in [4.69, 9.17) is 9.52 Å². The molecular weight excluding hydrogens is 316 g/mol. The Morgan fingerprint density at radius 2 is 2.13 bits per heavy atom. The Balaban J connectivity index is 1.49. The fraction of sp³-hybridized carbons (Fsp3) is 0.438. The number of nitrogens with one attached hydrogen (secondary N) is 1. The third-order valence-electron chi connectivity index (χ3n) is 4.07. The van der Waals surface area contributed by atoms with E-state index in [1.54, 1.807) is 0 Å². The van der Waals surface area contributed by atoms with Crippen LogP contribution in [0.5, 0.6) is 0 Å². The molecule has 0 radical (unpaired) electrons.